The number of likely N-dealkylation sites (N-methyl/N-ethyl adjacent to an activating group) is 1. The summed E-state index contributed by atoms with van der Waals surface area (Å²) >= 11 is 0. The van der Waals surface area contributed by atoms with E-state index in [1.165, 1.54) is 12.1 Å². The molecule has 0 fully saturated rings. The van der Waals surface area contributed by atoms with Crippen LogP contribution >= 0.6 is 0 Å². The van der Waals surface area contributed by atoms with Gasteiger partial charge >= 0.3 is 12.6 Å². The van der Waals surface area contributed by atoms with Crippen LogP contribution in [0.1, 0.15) is 18.9 Å². The zero-order valence-corrected chi connectivity index (χ0v) is 13.2. The van der Waals surface area contributed by atoms with E-state index in [1.54, 1.807) is 19.2 Å². The Balaban J connectivity index is 2.39. The van der Waals surface area contributed by atoms with Gasteiger partial charge in [-0.1, -0.05) is 6.92 Å². The van der Waals surface area contributed by atoms with Crippen molar-refractivity contribution in [3.8, 4) is 5.75 Å². The molecule has 0 aliphatic rings. The molecule has 0 saturated heterocycles. The normalized spacial score (nSPS) is 11.9. The Morgan fingerprint density at radius 2 is 1.91 bits per heavy atom. The molecule has 0 aromatic heterocycles. The first-order chi connectivity index (χ1) is 10.9. The van der Waals surface area contributed by atoms with E-state index in [0.29, 0.717) is 13.1 Å². The number of alkyl halides is 2. The van der Waals surface area contributed by atoms with E-state index in [1.807, 2.05) is 6.92 Å². The van der Waals surface area contributed by atoms with Crippen molar-refractivity contribution in [2.45, 2.75) is 26.5 Å². The van der Waals surface area contributed by atoms with E-state index >= 15 is 0 Å². The third-order valence-corrected chi connectivity index (χ3v) is 2.91. The molecule has 0 aliphatic carbocycles. The van der Waals surface area contributed by atoms with Gasteiger partial charge in [-0.05, 0) is 30.7 Å². The second kappa shape index (κ2) is 9.73. The molecule has 0 bridgehead atoms. The molecule has 8 heteroatoms. The van der Waals surface area contributed by atoms with Gasteiger partial charge < -0.3 is 15.0 Å². The zero-order chi connectivity index (χ0) is 17.2. The number of quaternary nitrogens is 1. The van der Waals surface area contributed by atoms with Gasteiger partial charge in [0.1, 0.15) is 12.3 Å². The standard InChI is InChI=1S/C15H21F2N3O3/c1-3-8-18-15(22)19-13(21)10-20(2)9-11-4-6-12(7-5-11)23-14(16)17/h4-7,14H,3,8-10H2,1-2H3,(H2,18,19,21,22)/p+1. The molecule has 0 saturated carbocycles. The molecule has 0 aliphatic heterocycles. The largest absolute Gasteiger partial charge is 0.435 e. The number of carbonyl (C=O) groups is 2. The monoisotopic (exact) mass is 330 g/mol. The maximum absolute atomic E-state index is 12.1. The third kappa shape index (κ3) is 8.10. The van der Waals surface area contributed by atoms with E-state index in [0.717, 1.165) is 16.9 Å². The number of benzene rings is 1. The lowest BCUT2D eigenvalue weighted by Crippen LogP contribution is -3.09. The molecule has 0 radical (unpaired) electrons. The summed E-state index contributed by atoms with van der Waals surface area (Å²) in [6, 6.07) is 5.72. The molecule has 0 heterocycles. The molecule has 3 N–H and O–H groups in total. The molecular weight excluding hydrogens is 308 g/mol. The minimum absolute atomic E-state index is 0.0896. The summed E-state index contributed by atoms with van der Waals surface area (Å²) in [5.41, 5.74) is 0.868. The van der Waals surface area contributed by atoms with Gasteiger partial charge in [-0.2, -0.15) is 8.78 Å². The van der Waals surface area contributed by atoms with E-state index in [-0.39, 0.29) is 18.2 Å². The molecule has 1 unspecified atom stereocenters. The minimum Gasteiger partial charge on any atom is -0.435 e. The Bertz CT molecular complexity index is 509. The fourth-order valence-corrected chi connectivity index (χ4v) is 1.93. The number of urea groups is 1. The average molecular weight is 330 g/mol. The highest BCUT2D eigenvalue weighted by Gasteiger charge is 2.13. The van der Waals surface area contributed by atoms with Crippen LogP contribution in [0.3, 0.4) is 0 Å². The van der Waals surface area contributed by atoms with Gasteiger partial charge in [-0.25, -0.2) is 4.79 Å². The molecule has 3 amide bonds. The highest BCUT2D eigenvalue weighted by Crippen LogP contribution is 2.14. The summed E-state index contributed by atoms with van der Waals surface area (Å²) < 4.78 is 28.4. The van der Waals surface area contributed by atoms with Crippen LogP contribution in [0, 0.1) is 0 Å². The molecule has 1 rings (SSSR count). The second-order valence-electron chi connectivity index (χ2n) is 5.14. The summed E-state index contributed by atoms with van der Waals surface area (Å²) in [6.45, 7) is 0.206. The van der Waals surface area contributed by atoms with Crippen LogP contribution in [0.5, 0.6) is 5.75 Å². The van der Waals surface area contributed by atoms with Crippen molar-refractivity contribution in [2.24, 2.45) is 0 Å². The third-order valence-electron chi connectivity index (χ3n) is 2.91. The first kappa shape index (κ1) is 18.8. The summed E-state index contributed by atoms with van der Waals surface area (Å²) in [4.78, 5) is 23.9. The van der Waals surface area contributed by atoms with Crippen LogP contribution in [-0.2, 0) is 11.3 Å². The predicted molar refractivity (Wildman–Crippen MR) is 80.4 cm³/mol. The number of hydrogen-bond acceptors (Lipinski definition) is 3. The van der Waals surface area contributed by atoms with Gasteiger partial charge in [0.25, 0.3) is 5.91 Å². The minimum atomic E-state index is -2.85. The van der Waals surface area contributed by atoms with Gasteiger partial charge in [-0.3, -0.25) is 10.1 Å². The van der Waals surface area contributed by atoms with Crippen LogP contribution in [-0.4, -0.2) is 38.7 Å². The smallest absolute Gasteiger partial charge is 0.387 e. The molecule has 1 atom stereocenters. The number of nitrogens with one attached hydrogen (secondary N) is 3. The Kier molecular flexibility index (Phi) is 7.96. The number of imide groups is 1. The van der Waals surface area contributed by atoms with Gasteiger partial charge in [-0.15, -0.1) is 0 Å². The molecule has 1 aromatic carbocycles. The van der Waals surface area contributed by atoms with Crippen LogP contribution in [0.4, 0.5) is 13.6 Å². The topological polar surface area (TPSA) is 71.9 Å². The van der Waals surface area contributed by atoms with Gasteiger partial charge in [0, 0.05) is 12.1 Å². The fraction of sp³-hybridized carbons (Fsp3) is 0.467. The quantitative estimate of drug-likeness (QED) is 0.651. The second-order valence-corrected chi connectivity index (χ2v) is 5.14. The molecule has 128 valence electrons. The Morgan fingerprint density at radius 1 is 1.26 bits per heavy atom. The molecular formula is C15H22F2N3O3+. The Hall–Kier alpha value is -2.22. The van der Waals surface area contributed by atoms with E-state index in [9.17, 15) is 18.4 Å². The number of halogens is 2. The predicted octanol–water partition coefficient (Wildman–Crippen LogP) is 0.539. The number of rotatable bonds is 8. The van der Waals surface area contributed by atoms with Gasteiger partial charge in [0.15, 0.2) is 6.54 Å². The van der Waals surface area contributed by atoms with Crippen molar-refractivity contribution >= 4 is 11.9 Å². The van der Waals surface area contributed by atoms with Crippen molar-refractivity contribution in [1.29, 1.82) is 0 Å². The van der Waals surface area contributed by atoms with Crippen molar-refractivity contribution in [3.05, 3.63) is 29.8 Å². The van der Waals surface area contributed by atoms with E-state index in [4.69, 9.17) is 0 Å². The first-order valence-corrected chi connectivity index (χ1v) is 7.33. The zero-order valence-electron chi connectivity index (χ0n) is 13.2. The van der Waals surface area contributed by atoms with Crippen LogP contribution < -0.4 is 20.3 Å². The first-order valence-electron chi connectivity index (χ1n) is 7.33. The van der Waals surface area contributed by atoms with Crippen molar-refractivity contribution in [1.82, 2.24) is 10.6 Å². The number of amides is 3. The van der Waals surface area contributed by atoms with E-state index < -0.39 is 12.6 Å². The number of carbonyl (C=O) groups excluding carboxylic acids is 2. The summed E-state index contributed by atoms with van der Waals surface area (Å²) in [5, 5.41) is 4.80. The lowest BCUT2D eigenvalue weighted by atomic mass is 10.2. The fourth-order valence-electron chi connectivity index (χ4n) is 1.93. The van der Waals surface area contributed by atoms with Gasteiger partial charge in [0.05, 0.1) is 7.05 Å². The average Bonchev–Trinajstić information content (AvgIpc) is 2.46. The van der Waals surface area contributed by atoms with Crippen LogP contribution in [0.25, 0.3) is 0 Å². The highest BCUT2D eigenvalue weighted by molar-refractivity contribution is 5.94. The molecule has 6 nitrogen and oxygen atoms in total. The SMILES string of the molecule is CCCNC(=O)NC(=O)C[NH+](C)Cc1ccc(OC(F)F)cc1. The maximum atomic E-state index is 12.1. The lowest BCUT2D eigenvalue weighted by Gasteiger charge is -2.14. The molecule has 23 heavy (non-hydrogen) atoms. The van der Waals surface area contributed by atoms with Crippen molar-refractivity contribution in [2.75, 3.05) is 20.1 Å². The van der Waals surface area contributed by atoms with Gasteiger partial charge in [0.2, 0.25) is 0 Å². The molecule has 1 aromatic rings. The van der Waals surface area contributed by atoms with Crippen LogP contribution in [0.2, 0.25) is 0 Å². The Labute approximate surface area is 133 Å². The Morgan fingerprint density at radius 3 is 2.48 bits per heavy atom. The summed E-state index contributed by atoms with van der Waals surface area (Å²) in [5.74, 6) is -0.291. The lowest BCUT2D eigenvalue weighted by molar-refractivity contribution is -0.885. The summed E-state index contributed by atoms with van der Waals surface area (Å²) in [7, 11) is 1.80. The number of hydrogen-bond donors (Lipinski definition) is 3. The molecule has 0 spiro atoms. The highest BCUT2D eigenvalue weighted by atomic mass is 19.3. The van der Waals surface area contributed by atoms with Crippen molar-refractivity contribution in [3.63, 3.8) is 0 Å². The van der Waals surface area contributed by atoms with Crippen molar-refractivity contribution < 1.29 is 28.0 Å². The van der Waals surface area contributed by atoms with E-state index in [2.05, 4.69) is 15.4 Å². The summed E-state index contributed by atoms with van der Waals surface area (Å²) in [6.07, 6.45) is 0.790. The number of ether oxygens (including phenoxy) is 1. The van der Waals surface area contributed by atoms with Crippen LogP contribution in [0.15, 0.2) is 24.3 Å². The maximum Gasteiger partial charge on any atom is 0.387 e.